The van der Waals surface area contributed by atoms with E-state index in [0.717, 1.165) is 11.8 Å². The lowest BCUT2D eigenvalue weighted by Crippen LogP contribution is -2.16. The lowest BCUT2D eigenvalue weighted by Gasteiger charge is -2.29. The molecule has 1 rings (SSSR count). The molecule has 0 aromatic heterocycles. The number of rotatable bonds is 2. The van der Waals surface area contributed by atoms with Crippen molar-refractivity contribution in [3.8, 4) is 0 Å². The average Bonchev–Trinajstić information content (AvgIpc) is 2.09. The Labute approximate surface area is 77.1 Å². The first-order valence-electron chi connectivity index (χ1n) is 5.38. The van der Waals surface area contributed by atoms with Crippen LogP contribution in [0.15, 0.2) is 11.1 Å². The van der Waals surface area contributed by atoms with Gasteiger partial charge in [0.25, 0.3) is 0 Å². The van der Waals surface area contributed by atoms with E-state index < -0.39 is 0 Å². The maximum Gasteiger partial charge on any atom is -0.0289 e. The van der Waals surface area contributed by atoms with Crippen LogP contribution >= 0.6 is 0 Å². The molecule has 1 aliphatic rings. The molecule has 0 aromatic carbocycles. The predicted octanol–water partition coefficient (Wildman–Crippen LogP) is 4.17. The van der Waals surface area contributed by atoms with Gasteiger partial charge in [-0.2, -0.15) is 0 Å². The summed E-state index contributed by atoms with van der Waals surface area (Å²) in [7, 11) is 0. The van der Waals surface area contributed by atoms with E-state index in [0.29, 0.717) is 0 Å². The normalized spacial score (nSPS) is 31.0. The Morgan fingerprint density at radius 3 is 1.50 bits per heavy atom. The zero-order valence-corrected chi connectivity index (χ0v) is 8.98. The Hall–Kier alpha value is -0.260. The first kappa shape index (κ1) is 9.83. The van der Waals surface area contributed by atoms with Crippen molar-refractivity contribution in [1.82, 2.24) is 0 Å². The van der Waals surface area contributed by atoms with Gasteiger partial charge >= 0.3 is 0 Å². The van der Waals surface area contributed by atoms with Crippen molar-refractivity contribution in [2.24, 2.45) is 11.8 Å². The summed E-state index contributed by atoms with van der Waals surface area (Å²) in [5.74, 6) is 1.82. The molecule has 0 fully saturated rings. The van der Waals surface area contributed by atoms with Crippen molar-refractivity contribution in [3.63, 3.8) is 0 Å². The molecule has 0 N–H and O–H groups in total. The first-order valence-corrected chi connectivity index (χ1v) is 5.38. The van der Waals surface area contributed by atoms with Crippen molar-refractivity contribution in [3.05, 3.63) is 11.1 Å². The molecule has 0 bridgehead atoms. The van der Waals surface area contributed by atoms with Gasteiger partial charge in [-0.15, -0.1) is 0 Å². The molecule has 1 aliphatic carbocycles. The molecular weight excluding hydrogens is 144 g/mol. The Morgan fingerprint density at radius 2 is 1.25 bits per heavy atom. The molecule has 0 nitrogen and oxygen atoms in total. The molecule has 0 aromatic rings. The molecule has 0 radical (unpaired) electrons. The van der Waals surface area contributed by atoms with Gasteiger partial charge in [0, 0.05) is 0 Å². The van der Waals surface area contributed by atoms with Crippen LogP contribution in [0.5, 0.6) is 0 Å². The van der Waals surface area contributed by atoms with Crippen LogP contribution in [0.1, 0.15) is 53.4 Å². The van der Waals surface area contributed by atoms with Crippen molar-refractivity contribution in [1.29, 1.82) is 0 Å². The first-order chi connectivity index (χ1) is 5.69. The van der Waals surface area contributed by atoms with E-state index in [9.17, 15) is 0 Å². The second-order valence-electron chi connectivity index (χ2n) is 4.28. The monoisotopic (exact) mass is 166 g/mol. The zero-order valence-electron chi connectivity index (χ0n) is 8.98. The molecule has 2 atom stereocenters. The molecule has 0 spiro atoms. The third-order valence-electron chi connectivity index (χ3n) is 3.46. The highest BCUT2D eigenvalue weighted by atomic mass is 14.3. The Bertz CT molecular complexity index is 156. The summed E-state index contributed by atoms with van der Waals surface area (Å²) in [6.07, 6.45) is 5.28. The summed E-state index contributed by atoms with van der Waals surface area (Å²) in [5, 5.41) is 0. The van der Waals surface area contributed by atoms with Gasteiger partial charge in [0.15, 0.2) is 0 Å². The van der Waals surface area contributed by atoms with Crippen LogP contribution in [-0.2, 0) is 0 Å². The zero-order chi connectivity index (χ0) is 9.14. The van der Waals surface area contributed by atoms with Crippen LogP contribution < -0.4 is 0 Å². The third-order valence-corrected chi connectivity index (χ3v) is 3.46. The minimum atomic E-state index is 0.912. The Kier molecular flexibility index (Phi) is 3.37. The summed E-state index contributed by atoms with van der Waals surface area (Å²) in [4.78, 5) is 0. The molecular formula is C12H22. The van der Waals surface area contributed by atoms with E-state index in [2.05, 4.69) is 27.7 Å². The lowest BCUT2D eigenvalue weighted by molar-refractivity contribution is 0.351. The molecule has 0 heteroatoms. The second kappa shape index (κ2) is 4.11. The summed E-state index contributed by atoms with van der Waals surface area (Å²) < 4.78 is 0. The fraction of sp³-hybridized carbons (Fsp3) is 0.833. The summed E-state index contributed by atoms with van der Waals surface area (Å²) in [5.41, 5.74) is 3.51. The fourth-order valence-electron chi connectivity index (χ4n) is 2.26. The maximum atomic E-state index is 2.40. The highest BCUT2D eigenvalue weighted by Gasteiger charge is 2.21. The van der Waals surface area contributed by atoms with Crippen LogP contribution in [-0.4, -0.2) is 0 Å². The molecule has 0 saturated heterocycles. The van der Waals surface area contributed by atoms with Gasteiger partial charge in [0.2, 0.25) is 0 Å². The quantitative estimate of drug-likeness (QED) is 0.540. The van der Waals surface area contributed by atoms with E-state index >= 15 is 0 Å². The van der Waals surface area contributed by atoms with E-state index in [-0.39, 0.29) is 0 Å². The minimum Gasteiger partial charge on any atom is -0.0710 e. The van der Waals surface area contributed by atoms with Gasteiger partial charge < -0.3 is 0 Å². The Morgan fingerprint density at radius 1 is 0.917 bits per heavy atom. The average molecular weight is 166 g/mol. The molecule has 70 valence electrons. The summed E-state index contributed by atoms with van der Waals surface area (Å²) in [6, 6.07) is 0. The number of hydrogen-bond donors (Lipinski definition) is 0. The van der Waals surface area contributed by atoms with E-state index in [1.165, 1.54) is 25.7 Å². The Balaban J connectivity index is 2.75. The van der Waals surface area contributed by atoms with Crippen molar-refractivity contribution in [2.45, 2.75) is 53.4 Å². The molecule has 0 saturated carbocycles. The molecule has 0 amide bonds. The van der Waals surface area contributed by atoms with Gasteiger partial charge in [0.1, 0.15) is 0 Å². The van der Waals surface area contributed by atoms with Crippen LogP contribution in [0.25, 0.3) is 0 Å². The van der Waals surface area contributed by atoms with Crippen molar-refractivity contribution >= 4 is 0 Å². The molecule has 0 aliphatic heterocycles. The fourth-order valence-corrected chi connectivity index (χ4v) is 2.26. The third kappa shape index (κ3) is 1.91. The van der Waals surface area contributed by atoms with Gasteiger partial charge in [-0.25, -0.2) is 0 Å². The van der Waals surface area contributed by atoms with Crippen molar-refractivity contribution in [2.75, 3.05) is 0 Å². The minimum absolute atomic E-state index is 0.912. The molecule has 2 unspecified atom stereocenters. The standard InChI is InChI=1S/C12H22/c1-5-11-7-9(3)10(4)8-12(11)6-2/h9-10H,5-8H2,1-4H3. The van der Waals surface area contributed by atoms with Crippen LogP contribution in [0.4, 0.5) is 0 Å². The van der Waals surface area contributed by atoms with Gasteiger partial charge in [-0.3, -0.25) is 0 Å². The lowest BCUT2D eigenvalue weighted by atomic mass is 9.76. The highest BCUT2D eigenvalue weighted by molar-refractivity contribution is 5.18. The van der Waals surface area contributed by atoms with Crippen LogP contribution in [0, 0.1) is 11.8 Å². The van der Waals surface area contributed by atoms with Gasteiger partial charge in [-0.05, 0) is 37.5 Å². The molecule has 12 heavy (non-hydrogen) atoms. The van der Waals surface area contributed by atoms with E-state index in [4.69, 9.17) is 0 Å². The van der Waals surface area contributed by atoms with Gasteiger partial charge in [-0.1, -0.05) is 38.8 Å². The second-order valence-corrected chi connectivity index (χ2v) is 4.28. The summed E-state index contributed by atoms with van der Waals surface area (Å²) in [6.45, 7) is 9.39. The van der Waals surface area contributed by atoms with Gasteiger partial charge in [0.05, 0.1) is 0 Å². The molecule has 0 heterocycles. The number of allylic oxidation sites excluding steroid dienone is 2. The summed E-state index contributed by atoms with van der Waals surface area (Å²) >= 11 is 0. The van der Waals surface area contributed by atoms with Crippen LogP contribution in [0.2, 0.25) is 0 Å². The van der Waals surface area contributed by atoms with Crippen molar-refractivity contribution < 1.29 is 0 Å². The maximum absolute atomic E-state index is 2.40. The smallest absolute Gasteiger partial charge is 0.0289 e. The predicted molar refractivity (Wildman–Crippen MR) is 55.2 cm³/mol. The van der Waals surface area contributed by atoms with E-state index in [1.807, 2.05) is 0 Å². The highest BCUT2D eigenvalue weighted by Crippen LogP contribution is 2.36. The van der Waals surface area contributed by atoms with E-state index in [1.54, 1.807) is 11.1 Å². The number of hydrogen-bond acceptors (Lipinski definition) is 0. The largest absolute Gasteiger partial charge is 0.0710 e. The SMILES string of the molecule is CCC1=C(CC)CC(C)C(C)C1. The van der Waals surface area contributed by atoms with Crippen LogP contribution in [0.3, 0.4) is 0 Å². The topological polar surface area (TPSA) is 0 Å².